The number of carbonyl (C=O) groups is 1. The van der Waals surface area contributed by atoms with Gasteiger partial charge < -0.3 is 9.47 Å². The summed E-state index contributed by atoms with van der Waals surface area (Å²) in [6.07, 6.45) is -0.441. The summed E-state index contributed by atoms with van der Waals surface area (Å²) in [6, 6.07) is 14.7. The van der Waals surface area contributed by atoms with Gasteiger partial charge in [0.2, 0.25) is 0 Å². The molecule has 100 valence electrons. The fraction of sp³-hybridized carbons (Fsp3) is 0.118. The zero-order valence-corrected chi connectivity index (χ0v) is 11.1. The van der Waals surface area contributed by atoms with Gasteiger partial charge in [0.1, 0.15) is 11.5 Å². The van der Waals surface area contributed by atoms with Crippen molar-refractivity contribution >= 4 is 5.78 Å². The van der Waals surface area contributed by atoms with Gasteiger partial charge in [-0.1, -0.05) is 30.8 Å². The van der Waals surface area contributed by atoms with Crippen LogP contribution >= 0.6 is 0 Å². The predicted molar refractivity (Wildman–Crippen MR) is 76.3 cm³/mol. The van der Waals surface area contributed by atoms with Crippen LogP contribution in [-0.2, 0) is 0 Å². The molecule has 0 aromatic heterocycles. The lowest BCUT2D eigenvalue weighted by atomic mass is 9.92. The lowest BCUT2D eigenvalue weighted by Gasteiger charge is -2.27. The minimum Gasteiger partial charge on any atom is -0.497 e. The first-order valence-corrected chi connectivity index (χ1v) is 6.34. The molecule has 3 nitrogen and oxygen atoms in total. The topological polar surface area (TPSA) is 35.5 Å². The van der Waals surface area contributed by atoms with Crippen LogP contribution in [0.4, 0.5) is 0 Å². The highest BCUT2D eigenvalue weighted by Gasteiger charge is 2.31. The number of carbonyl (C=O) groups excluding carboxylic acids is 1. The van der Waals surface area contributed by atoms with Crippen LogP contribution in [0.1, 0.15) is 22.0 Å². The second-order valence-electron chi connectivity index (χ2n) is 4.62. The van der Waals surface area contributed by atoms with Crippen LogP contribution in [0.3, 0.4) is 0 Å². The molecule has 0 amide bonds. The third-order valence-corrected chi connectivity index (χ3v) is 3.40. The van der Waals surface area contributed by atoms with E-state index < -0.39 is 6.10 Å². The maximum absolute atomic E-state index is 12.3. The van der Waals surface area contributed by atoms with E-state index in [4.69, 9.17) is 9.47 Å². The molecule has 1 aliphatic heterocycles. The number of ketones is 1. The summed E-state index contributed by atoms with van der Waals surface area (Å²) >= 11 is 0. The summed E-state index contributed by atoms with van der Waals surface area (Å²) in [5, 5.41) is 0. The molecule has 0 fully saturated rings. The van der Waals surface area contributed by atoms with Crippen molar-refractivity contribution < 1.29 is 14.3 Å². The molecular formula is C17H14O3. The van der Waals surface area contributed by atoms with Crippen molar-refractivity contribution in [3.8, 4) is 11.5 Å². The minimum atomic E-state index is -0.441. The van der Waals surface area contributed by atoms with Gasteiger partial charge in [0, 0.05) is 5.57 Å². The van der Waals surface area contributed by atoms with Crippen LogP contribution in [-0.4, -0.2) is 12.9 Å². The molecule has 2 aromatic carbocycles. The van der Waals surface area contributed by atoms with Gasteiger partial charge >= 0.3 is 0 Å². The Kier molecular flexibility index (Phi) is 3.03. The molecule has 20 heavy (non-hydrogen) atoms. The van der Waals surface area contributed by atoms with Crippen LogP contribution in [0.25, 0.3) is 0 Å². The summed E-state index contributed by atoms with van der Waals surface area (Å²) in [5.41, 5.74) is 1.91. The molecule has 0 aliphatic carbocycles. The first-order chi connectivity index (χ1) is 9.70. The largest absolute Gasteiger partial charge is 0.497 e. The molecule has 1 atom stereocenters. The van der Waals surface area contributed by atoms with Crippen LogP contribution in [0.2, 0.25) is 0 Å². The number of para-hydroxylation sites is 1. The summed E-state index contributed by atoms with van der Waals surface area (Å²) in [6.45, 7) is 3.89. The smallest absolute Gasteiger partial charge is 0.196 e. The number of fused-ring (bicyclic) bond motifs is 1. The molecule has 3 heteroatoms. The summed E-state index contributed by atoms with van der Waals surface area (Å²) in [5.74, 6) is 1.31. The van der Waals surface area contributed by atoms with Gasteiger partial charge in [-0.2, -0.15) is 0 Å². The summed E-state index contributed by atoms with van der Waals surface area (Å²) in [4.78, 5) is 12.3. The Morgan fingerprint density at radius 2 is 1.80 bits per heavy atom. The van der Waals surface area contributed by atoms with Gasteiger partial charge in [0.25, 0.3) is 0 Å². The number of ether oxygens (including phenoxy) is 2. The maximum atomic E-state index is 12.3. The Balaban J connectivity index is 1.99. The van der Waals surface area contributed by atoms with Crippen molar-refractivity contribution in [3.05, 3.63) is 71.8 Å². The first-order valence-electron chi connectivity index (χ1n) is 6.34. The molecule has 0 unspecified atom stereocenters. The fourth-order valence-corrected chi connectivity index (χ4v) is 2.30. The molecule has 3 rings (SSSR count). The van der Waals surface area contributed by atoms with Gasteiger partial charge in [-0.3, -0.25) is 4.79 Å². The van der Waals surface area contributed by atoms with Crippen molar-refractivity contribution in [2.75, 3.05) is 7.11 Å². The molecule has 0 spiro atoms. The van der Waals surface area contributed by atoms with E-state index in [9.17, 15) is 4.79 Å². The third kappa shape index (κ3) is 1.97. The van der Waals surface area contributed by atoms with E-state index in [1.807, 2.05) is 36.4 Å². The van der Waals surface area contributed by atoms with Crippen LogP contribution in [0, 0.1) is 0 Å². The Labute approximate surface area is 117 Å². The highest BCUT2D eigenvalue weighted by molar-refractivity contribution is 6.11. The summed E-state index contributed by atoms with van der Waals surface area (Å²) < 4.78 is 11.0. The second kappa shape index (κ2) is 4.85. The van der Waals surface area contributed by atoms with Crippen LogP contribution in [0.15, 0.2) is 60.7 Å². The molecule has 0 radical (unpaired) electrons. The van der Waals surface area contributed by atoms with Crippen molar-refractivity contribution in [2.45, 2.75) is 6.10 Å². The van der Waals surface area contributed by atoms with E-state index in [-0.39, 0.29) is 5.78 Å². The Morgan fingerprint density at radius 3 is 2.50 bits per heavy atom. The molecule has 1 heterocycles. The van der Waals surface area contributed by atoms with Gasteiger partial charge in [0.15, 0.2) is 11.9 Å². The lowest BCUT2D eigenvalue weighted by Crippen LogP contribution is -2.22. The summed E-state index contributed by atoms with van der Waals surface area (Å²) in [7, 11) is 1.62. The zero-order valence-electron chi connectivity index (χ0n) is 11.1. The number of benzene rings is 2. The van der Waals surface area contributed by atoms with Crippen LogP contribution < -0.4 is 9.47 Å². The maximum Gasteiger partial charge on any atom is 0.196 e. The standard InChI is InChI=1S/C17H14O3/c1-11-16(18)14-5-3-4-6-15(14)20-17(11)12-7-9-13(19-2)10-8-12/h3-10,17H,1H2,2H3/t17-/m1/s1. The number of methoxy groups -OCH3 is 1. The van der Waals surface area contributed by atoms with E-state index in [0.29, 0.717) is 16.9 Å². The highest BCUT2D eigenvalue weighted by atomic mass is 16.5. The quantitative estimate of drug-likeness (QED) is 0.779. The number of rotatable bonds is 2. The first kappa shape index (κ1) is 12.5. The van der Waals surface area contributed by atoms with Crippen LogP contribution in [0.5, 0.6) is 11.5 Å². The molecule has 2 aromatic rings. The lowest BCUT2D eigenvalue weighted by molar-refractivity contribution is 0.0962. The van der Waals surface area contributed by atoms with Gasteiger partial charge in [-0.05, 0) is 29.8 Å². The Bertz CT molecular complexity index is 671. The SMILES string of the molecule is C=C1C(=O)c2ccccc2O[C@H]1c1ccc(OC)cc1. The van der Waals surface area contributed by atoms with E-state index in [1.54, 1.807) is 19.2 Å². The third-order valence-electron chi connectivity index (χ3n) is 3.40. The second-order valence-corrected chi connectivity index (χ2v) is 4.62. The number of Topliss-reactive ketones (excluding diaryl/α,β-unsaturated/α-hetero) is 1. The van der Waals surface area contributed by atoms with Gasteiger partial charge in [-0.25, -0.2) is 0 Å². The van der Waals surface area contributed by atoms with E-state index in [1.165, 1.54) is 0 Å². The van der Waals surface area contributed by atoms with Crippen molar-refractivity contribution in [2.24, 2.45) is 0 Å². The van der Waals surface area contributed by atoms with Gasteiger partial charge in [-0.15, -0.1) is 0 Å². The van der Waals surface area contributed by atoms with E-state index >= 15 is 0 Å². The van der Waals surface area contributed by atoms with Crippen molar-refractivity contribution in [1.29, 1.82) is 0 Å². The monoisotopic (exact) mass is 266 g/mol. The molecular weight excluding hydrogens is 252 g/mol. The molecule has 0 bridgehead atoms. The Morgan fingerprint density at radius 1 is 1.10 bits per heavy atom. The van der Waals surface area contributed by atoms with Crippen molar-refractivity contribution in [3.63, 3.8) is 0 Å². The highest BCUT2D eigenvalue weighted by Crippen LogP contribution is 2.37. The van der Waals surface area contributed by atoms with E-state index in [2.05, 4.69) is 6.58 Å². The van der Waals surface area contributed by atoms with E-state index in [0.717, 1.165) is 11.3 Å². The zero-order chi connectivity index (χ0) is 14.1. The molecule has 0 N–H and O–H groups in total. The fourth-order valence-electron chi connectivity index (χ4n) is 2.30. The van der Waals surface area contributed by atoms with Crippen molar-refractivity contribution in [1.82, 2.24) is 0 Å². The number of hydrogen-bond acceptors (Lipinski definition) is 3. The average Bonchev–Trinajstić information content (AvgIpc) is 2.51. The van der Waals surface area contributed by atoms with Gasteiger partial charge in [0.05, 0.1) is 12.7 Å². The predicted octanol–water partition coefficient (Wildman–Crippen LogP) is 3.57. The Hall–Kier alpha value is -2.55. The molecule has 0 saturated heterocycles. The minimum absolute atomic E-state index is 0.0623. The normalized spacial score (nSPS) is 17.4. The molecule has 1 aliphatic rings. The average molecular weight is 266 g/mol. The molecule has 0 saturated carbocycles. The number of hydrogen-bond donors (Lipinski definition) is 0.